The van der Waals surface area contributed by atoms with Gasteiger partial charge in [0.1, 0.15) is 12.1 Å². The van der Waals surface area contributed by atoms with Gasteiger partial charge in [-0.3, -0.25) is 9.59 Å². The number of hydrogen-bond donors (Lipinski definition) is 2. The number of hydrogen-bond acceptors (Lipinski definition) is 6. The number of thioether (sulfide) groups is 1. The Morgan fingerprint density at radius 2 is 1.71 bits per heavy atom. The van der Waals surface area contributed by atoms with E-state index in [1.165, 1.54) is 30.2 Å². The zero-order chi connectivity index (χ0) is 24.5. The van der Waals surface area contributed by atoms with Crippen LogP contribution in [0.15, 0.2) is 83.3 Å². The molecule has 0 aliphatic carbocycles. The minimum Gasteiger partial charge on any atom is -0.355 e. The second-order valence-electron chi connectivity index (χ2n) is 7.90. The number of aromatic amines is 1. The molecule has 0 radical (unpaired) electrons. The van der Waals surface area contributed by atoms with E-state index < -0.39 is 0 Å². The first-order valence-electron chi connectivity index (χ1n) is 11.1. The van der Waals surface area contributed by atoms with Gasteiger partial charge in [-0.15, -0.1) is 0 Å². The Morgan fingerprint density at radius 1 is 0.971 bits per heavy atom. The molecule has 2 heterocycles. The van der Waals surface area contributed by atoms with Gasteiger partial charge in [0.15, 0.2) is 5.16 Å². The van der Waals surface area contributed by atoms with E-state index >= 15 is 0 Å². The molecule has 0 atom stereocenters. The van der Waals surface area contributed by atoms with Crippen LogP contribution in [0.4, 0.5) is 4.39 Å². The number of amides is 1. The number of H-pyrrole nitrogens is 1. The van der Waals surface area contributed by atoms with Crippen LogP contribution >= 0.6 is 11.8 Å². The largest absolute Gasteiger partial charge is 0.355 e. The van der Waals surface area contributed by atoms with Gasteiger partial charge in [0.25, 0.3) is 5.56 Å². The third-order valence-electron chi connectivity index (χ3n) is 5.27. The molecule has 178 valence electrons. The quantitative estimate of drug-likeness (QED) is 0.261. The molecule has 0 saturated heterocycles. The lowest BCUT2D eigenvalue weighted by molar-refractivity contribution is -0.120. The van der Waals surface area contributed by atoms with Gasteiger partial charge in [-0.05, 0) is 35.2 Å². The summed E-state index contributed by atoms with van der Waals surface area (Å²) in [4.78, 5) is 41.1. The maximum absolute atomic E-state index is 13.2. The van der Waals surface area contributed by atoms with Crippen LogP contribution in [0, 0.1) is 5.82 Å². The van der Waals surface area contributed by atoms with Crippen LogP contribution in [0.2, 0.25) is 0 Å². The highest BCUT2D eigenvalue weighted by Gasteiger charge is 2.16. The van der Waals surface area contributed by atoms with E-state index in [0.29, 0.717) is 35.1 Å². The van der Waals surface area contributed by atoms with Gasteiger partial charge in [-0.2, -0.15) is 0 Å². The molecule has 2 aromatic heterocycles. The lowest BCUT2D eigenvalue weighted by atomic mass is 10.1. The molecule has 0 unspecified atom stereocenters. The van der Waals surface area contributed by atoms with Gasteiger partial charge in [-0.25, -0.2) is 19.3 Å². The molecule has 0 spiro atoms. The van der Waals surface area contributed by atoms with E-state index in [9.17, 15) is 14.0 Å². The summed E-state index contributed by atoms with van der Waals surface area (Å²) in [5, 5.41) is 3.32. The summed E-state index contributed by atoms with van der Waals surface area (Å²) in [5.74, 6) is -0.0168. The average molecular weight is 490 g/mol. The molecule has 4 aromatic rings. The fraction of sp³-hybridized carbons (Fsp3) is 0.192. The minimum absolute atomic E-state index is 0.0220. The Bertz CT molecular complexity index is 1320. The van der Waals surface area contributed by atoms with Crippen molar-refractivity contribution in [3.8, 4) is 0 Å². The highest BCUT2D eigenvalue weighted by molar-refractivity contribution is 7.98. The summed E-state index contributed by atoms with van der Waals surface area (Å²) >= 11 is 1.32. The van der Waals surface area contributed by atoms with Crippen molar-refractivity contribution >= 4 is 17.7 Å². The van der Waals surface area contributed by atoms with Gasteiger partial charge >= 0.3 is 0 Å². The highest BCUT2D eigenvalue weighted by atomic mass is 32.2. The minimum atomic E-state index is -0.308. The highest BCUT2D eigenvalue weighted by Crippen LogP contribution is 2.20. The molecule has 35 heavy (non-hydrogen) atoms. The predicted octanol–water partition coefficient (Wildman–Crippen LogP) is 3.48. The molecular formula is C26H24FN5O2S. The van der Waals surface area contributed by atoms with E-state index in [4.69, 9.17) is 0 Å². The summed E-state index contributed by atoms with van der Waals surface area (Å²) < 4.78 is 13.2. The Hall–Kier alpha value is -3.85. The van der Waals surface area contributed by atoms with Crippen LogP contribution in [0.1, 0.15) is 27.9 Å². The number of nitrogens with zero attached hydrogens (tertiary/aromatic N) is 3. The second kappa shape index (κ2) is 12.0. The maximum Gasteiger partial charge on any atom is 0.255 e. The number of carbonyl (C=O) groups is 1. The number of carbonyl (C=O) groups excluding carboxylic acids is 1. The number of rotatable bonds is 10. The van der Waals surface area contributed by atoms with Gasteiger partial charge in [0, 0.05) is 36.7 Å². The Morgan fingerprint density at radius 3 is 2.46 bits per heavy atom. The summed E-state index contributed by atoms with van der Waals surface area (Å²) in [6, 6.07) is 16.0. The number of nitrogens with one attached hydrogen (secondary N) is 2. The van der Waals surface area contributed by atoms with Crippen molar-refractivity contribution in [2.24, 2.45) is 0 Å². The van der Waals surface area contributed by atoms with E-state index in [1.54, 1.807) is 24.5 Å². The van der Waals surface area contributed by atoms with Crippen molar-refractivity contribution in [2.45, 2.75) is 30.2 Å². The average Bonchev–Trinajstić information content (AvgIpc) is 2.87. The van der Waals surface area contributed by atoms with Gasteiger partial charge in [-0.1, -0.05) is 54.2 Å². The molecule has 1 amide bonds. The van der Waals surface area contributed by atoms with Crippen molar-refractivity contribution in [2.75, 3.05) is 6.54 Å². The van der Waals surface area contributed by atoms with Gasteiger partial charge in [0.05, 0.1) is 12.1 Å². The topological polar surface area (TPSA) is 101 Å². The monoisotopic (exact) mass is 489 g/mol. The molecule has 0 bridgehead atoms. The van der Waals surface area contributed by atoms with E-state index in [0.717, 1.165) is 16.7 Å². The van der Waals surface area contributed by atoms with E-state index in [2.05, 4.69) is 25.3 Å². The van der Waals surface area contributed by atoms with Gasteiger partial charge in [0.2, 0.25) is 5.91 Å². The molecule has 7 nitrogen and oxygen atoms in total. The molecule has 4 rings (SSSR count). The molecule has 2 N–H and O–H groups in total. The third-order valence-corrected chi connectivity index (χ3v) is 6.21. The van der Waals surface area contributed by atoms with Crippen molar-refractivity contribution in [1.29, 1.82) is 0 Å². The van der Waals surface area contributed by atoms with Crippen LogP contribution in [-0.4, -0.2) is 32.4 Å². The zero-order valence-corrected chi connectivity index (χ0v) is 19.7. The predicted molar refractivity (Wildman–Crippen MR) is 133 cm³/mol. The lowest BCUT2D eigenvalue weighted by Crippen LogP contribution is -2.29. The Kier molecular flexibility index (Phi) is 8.34. The van der Waals surface area contributed by atoms with E-state index in [1.807, 2.05) is 30.3 Å². The standard InChI is InChI=1S/C26H24FN5O2S/c27-21-8-6-19(7-9-21)16-35-26-31-23(13-24(33)30-11-10-18-4-2-1-3-5-18)22(25(34)32-26)12-20-14-28-17-29-15-20/h1-9,14-15,17H,10-13,16H2,(H,30,33)(H,31,32,34). The van der Waals surface area contributed by atoms with Crippen molar-refractivity contribution in [3.05, 3.63) is 117 Å². The summed E-state index contributed by atoms with van der Waals surface area (Å²) in [6.45, 7) is 0.486. The molecule has 9 heteroatoms. The van der Waals surface area contributed by atoms with Crippen molar-refractivity contribution in [3.63, 3.8) is 0 Å². The summed E-state index contributed by atoms with van der Waals surface area (Å²) in [6.07, 6.45) is 5.63. The third kappa shape index (κ3) is 7.31. The number of halogens is 1. The fourth-order valence-corrected chi connectivity index (χ4v) is 4.32. The molecule has 0 fully saturated rings. The van der Waals surface area contributed by atoms with Crippen molar-refractivity contribution in [1.82, 2.24) is 25.3 Å². The van der Waals surface area contributed by atoms with E-state index in [-0.39, 0.29) is 30.1 Å². The first kappa shape index (κ1) is 24.3. The SMILES string of the molecule is O=C(Cc1nc(SCc2ccc(F)cc2)[nH]c(=O)c1Cc1cncnc1)NCCc1ccccc1. The Labute approximate surface area is 206 Å². The lowest BCUT2D eigenvalue weighted by Gasteiger charge is -2.11. The molecule has 0 aliphatic heterocycles. The van der Waals surface area contributed by atoms with Crippen molar-refractivity contribution < 1.29 is 9.18 Å². The van der Waals surface area contributed by atoms with Crippen LogP contribution in [-0.2, 0) is 29.8 Å². The van der Waals surface area contributed by atoms with Crippen LogP contribution in [0.25, 0.3) is 0 Å². The first-order valence-corrected chi connectivity index (χ1v) is 12.1. The van der Waals surface area contributed by atoms with Gasteiger partial charge < -0.3 is 10.3 Å². The molecule has 0 saturated carbocycles. The summed E-state index contributed by atoms with van der Waals surface area (Å²) in [7, 11) is 0. The number of aromatic nitrogens is 4. The normalized spacial score (nSPS) is 10.8. The second-order valence-corrected chi connectivity index (χ2v) is 8.86. The van der Waals surface area contributed by atoms with Crippen LogP contribution in [0.3, 0.4) is 0 Å². The van der Waals surface area contributed by atoms with Crippen LogP contribution in [0.5, 0.6) is 0 Å². The molecule has 2 aromatic carbocycles. The zero-order valence-electron chi connectivity index (χ0n) is 18.9. The molecule has 0 aliphatic rings. The first-order chi connectivity index (χ1) is 17.1. The number of benzene rings is 2. The fourth-order valence-electron chi connectivity index (χ4n) is 3.48. The Balaban J connectivity index is 1.49. The molecular weight excluding hydrogens is 465 g/mol. The smallest absolute Gasteiger partial charge is 0.255 e. The summed E-state index contributed by atoms with van der Waals surface area (Å²) in [5.41, 5.74) is 3.28. The maximum atomic E-state index is 13.2. The van der Waals surface area contributed by atoms with Crippen LogP contribution < -0.4 is 10.9 Å².